The summed E-state index contributed by atoms with van der Waals surface area (Å²) in [7, 11) is 3.19. The second-order valence-electron chi connectivity index (χ2n) is 6.03. The van der Waals surface area contributed by atoms with Gasteiger partial charge in [0, 0.05) is 24.9 Å². The Balaban J connectivity index is 1.44. The van der Waals surface area contributed by atoms with Gasteiger partial charge in [-0.25, -0.2) is 4.98 Å². The van der Waals surface area contributed by atoms with E-state index in [9.17, 15) is 4.79 Å². The molecule has 0 saturated carbocycles. The van der Waals surface area contributed by atoms with Crippen molar-refractivity contribution in [1.29, 1.82) is 0 Å². The van der Waals surface area contributed by atoms with Crippen molar-refractivity contribution in [2.75, 3.05) is 20.8 Å². The van der Waals surface area contributed by atoms with E-state index in [0.29, 0.717) is 29.7 Å². The number of rotatable bonds is 9. The number of aromatic nitrogens is 1. The summed E-state index contributed by atoms with van der Waals surface area (Å²) in [5.41, 5.74) is 0.848. The van der Waals surface area contributed by atoms with Crippen LogP contribution in [0.1, 0.15) is 5.56 Å². The van der Waals surface area contributed by atoms with Crippen LogP contribution in [-0.4, -0.2) is 31.7 Å². The Kier molecular flexibility index (Phi) is 6.89. The predicted molar refractivity (Wildman–Crippen MR) is 108 cm³/mol. The Morgan fingerprint density at radius 3 is 2.31 bits per heavy atom. The third kappa shape index (κ3) is 6.14. The highest BCUT2D eigenvalue weighted by Crippen LogP contribution is 2.23. The summed E-state index contributed by atoms with van der Waals surface area (Å²) in [5, 5.41) is 2.79. The van der Waals surface area contributed by atoms with Crippen LogP contribution in [0.3, 0.4) is 0 Å². The molecule has 1 amide bonds. The smallest absolute Gasteiger partial charge is 0.258 e. The number of benzene rings is 2. The SMILES string of the molecule is COc1ccc(OCC(=O)NCc2ccc(Oc3cccc(OC)c3)nc2)cc1. The zero-order valence-corrected chi connectivity index (χ0v) is 16.3. The minimum atomic E-state index is -0.225. The molecule has 0 atom stereocenters. The van der Waals surface area contributed by atoms with Crippen molar-refractivity contribution in [3.8, 4) is 28.9 Å². The van der Waals surface area contributed by atoms with Crippen LogP contribution in [0.25, 0.3) is 0 Å². The zero-order valence-electron chi connectivity index (χ0n) is 16.3. The van der Waals surface area contributed by atoms with Gasteiger partial charge in [0.1, 0.15) is 23.0 Å². The van der Waals surface area contributed by atoms with Gasteiger partial charge in [-0.15, -0.1) is 0 Å². The van der Waals surface area contributed by atoms with Gasteiger partial charge in [0.05, 0.1) is 14.2 Å². The van der Waals surface area contributed by atoms with Gasteiger partial charge in [-0.3, -0.25) is 4.79 Å². The molecule has 0 spiro atoms. The van der Waals surface area contributed by atoms with Gasteiger partial charge in [0.25, 0.3) is 5.91 Å². The number of amides is 1. The van der Waals surface area contributed by atoms with Crippen molar-refractivity contribution < 1.29 is 23.7 Å². The summed E-state index contributed by atoms with van der Waals surface area (Å²) in [6.07, 6.45) is 1.65. The van der Waals surface area contributed by atoms with Crippen LogP contribution >= 0.6 is 0 Å². The number of carbonyl (C=O) groups is 1. The molecule has 1 aromatic heterocycles. The molecular formula is C22H22N2O5. The number of nitrogens with zero attached hydrogens (tertiary/aromatic N) is 1. The third-order valence-electron chi connectivity index (χ3n) is 3.98. The van der Waals surface area contributed by atoms with E-state index in [2.05, 4.69) is 10.3 Å². The highest BCUT2D eigenvalue weighted by molar-refractivity contribution is 5.77. The molecule has 0 radical (unpaired) electrons. The molecule has 29 heavy (non-hydrogen) atoms. The third-order valence-corrected chi connectivity index (χ3v) is 3.98. The Morgan fingerprint density at radius 1 is 0.897 bits per heavy atom. The Hall–Kier alpha value is -3.74. The van der Waals surface area contributed by atoms with Gasteiger partial charge in [-0.05, 0) is 42.0 Å². The first kappa shape index (κ1) is 20.0. The maximum Gasteiger partial charge on any atom is 0.258 e. The Labute approximate surface area is 169 Å². The number of pyridine rings is 1. The number of ether oxygens (including phenoxy) is 4. The first-order chi connectivity index (χ1) is 14.2. The molecule has 3 aromatic rings. The molecule has 0 bridgehead atoms. The molecule has 1 N–H and O–H groups in total. The summed E-state index contributed by atoms with van der Waals surface area (Å²) >= 11 is 0. The van der Waals surface area contributed by atoms with Gasteiger partial charge in [-0.1, -0.05) is 12.1 Å². The van der Waals surface area contributed by atoms with E-state index in [1.807, 2.05) is 24.3 Å². The Bertz CT molecular complexity index is 927. The van der Waals surface area contributed by atoms with Crippen LogP contribution < -0.4 is 24.3 Å². The van der Waals surface area contributed by atoms with Crippen LogP contribution in [0.4, 0.5) is 0 Å². The van der Waals surface area contributed by atoms with Crippen LogP contribution in [0.15, 0.2) is 66.9 Å². The van der Waals surface area contributed by atoms with Crippen molar-refractivity contribution in [1.82, 2.24) is 10.3 Å². The second kappa shape index (κ2) is 9.98. The number of nitrogens with one attached hydrogen (secondary N) is 1. The van der Waals surface area contributed by atoms with Crippen molar-refractivity contribution in [2.24, 2.45) is 0 Å². The van der Waals surface area contributed by atoms with Crippen molar-refractivity contribution in [3.05, 3.63) is 72.4 Å². The molecule has 0 fully saturated rings. The lowest BCUT2D eigenvalue weighted by Gasteiger charge is -2.09. The highest BCUT2D eigenvalue weighted by atomic mass is 16.5. The van der Waals surface area contributed by atoms with Crippen molar-refractivity contribution >= 4 is 5.91 Å². The number of methoxy groups -OCH3 is 2. The minimum absolute atomic E-state index is 0.0726. The van der Waals surface area contributed by atoms with Gasteiger partial charge in [-0.2, -0.15) is 0 Å². The van der Waals surface area contributed by atoms with Crippen LogP contribution in [0.2, 0.25) is 0 Å². The average molecular weight is 394 g/mol. The molecule has 150 valence electrons. The summed E-state index contributed by atoms with van der Waals surface area (Å²) in [6.45, 7) is 0.272. The molecule has 0 aliphatic carbocycles. The van der Waals surface area contributed by atoms with E-state index in [1.54, 1.807) is 56.8 Å². The Morgan fingerprint density at radius 2 is 1.62 bits per heavy atom. The standard InChI is InChI=1S/C22H22N2O5/c1-26-17-7-9-18(10-8-17)28-15-21(25)23-13-16-6-11-22(24-14-16)29-20-5-3-4-19(12-20)27-2/h3-12,14H,13,15H2,1-2H3,(H,23,25). The molecule has 7 nitrogen and oxygen atoms in total. The molecule has 0 aliphatic rings. The summed E-state index contributed by atoms with van der Waals surface area (Å²) in [4.78, 5) is 16.2. The molecule has 0 saturated heterocycles. The summed E-state index contributed by atoms with van der Waals surface area (Å²) in [5.74, 6) is 2.90. The van der Waals surface area contributed by atoms with Gasteiger partial charge >= 0.3 is 0 Å². The van der Waals surface area contributed by atoms with Crippen molar-refractivity contribution in [3.63, 3.8) is 0 Å². The summed E-state index contributed by atoms with van der Waals surface area (Å²) in [6, 6.07) is 17.9. The molecule has 7 heteroatoms. The molecule has 0 unspecified atom stereocenters. The average Bonchev–Trinajstić information content (AvgIpc) is 2.77. The van der Waals surface area contributed by atoms with E-state index in [0.717, 1.165) is 11.3 Å². The second-order valence-corrected chi connectivity index (χ2v) is 6.03. The monoisotopic (exact) mass is 394 g/mol. The molecule has 2 aromatic carbocycles. The predicted octanol–water partition coefficient (Wildman–Crippen LogP) is 3.59. The quantitative estimate of drug-likeness (QED) is 0.598. The van der Waals surface area contributed by atoms with E-state index >= 15 is 0 Å². The number of carbonyl (C=O) groups excluding carboxylic acids is 1. The molecule has 3 rings (SSSR count). The first-order valence-corrected chi connectivity index (χ1v) is 8.96. The lowest BCUT2D eigenvalue weighted by molar-refractivity contribution is -0.123. The lowest BCUT2D eigenvalue weighted by atomic mass is 10.3. The van der Waals surface area contributed by atoms with Crippen molar-refractivity contribution in [2.45, 2.75) is 6.54 Å². The van der Waals surface area contributed by atoms with E-state index in [4.69, 9.17) is 18.9 Å². The van der Waals surface area contributed by atoms with Gasteiger partial charge < -0.3 is 24.3 Å². The fraction of sp³-hybridized carbons (Fsp3) is 0.182. The van der Waals surface area contributed by atoms with Gasteiger partial charge in [0.15, 0.2) is 6.61 Å². The van der Waals surface area contributed by atoms with Crippen LogP contribution in [0, 0.1) is 0 Å². The summed E-state index contributed by atoms with van der Waals surface area (Å²) < 4.78 is 21.4. The minimum Gasteiger partial charge on any atom is -0.497 e. The fourth-order valence-electron chi connectivity index (χ4n) is 2.43. The largest absolute Gasteiger partial charge is 0.497 e. The van der Waals surface area contributed by atoms with Crippen LogP contribution in [-0.2, 0) is 11.3 Å². The van der Waals surface area contributed by atoms with Gasteiger partial charge in [0.2, 0.25) is 5.88 Å². The number of hydrogen-bond donors (Lipinski definition) is 1. The topological polar surface area (TPSA) is 78.9 Å². The first-order valence-electron chi connectivity index (χ1n) is 8.96. The molecular weight excluding hydrogens is 372 g/mol. The maximum atomic E-state index is 12.0. The highest BCUT2D eigenvalue weighted by Gasteiger charge is 2.05. The zero-order chi connectivity index (χ0) is 20.5. The normalized spacial score (nSPS) is 10.1. The van der Waals surface area contributed by atoms with E-state index < -0.39 is 0 Å². The number of hydrogen-bond acceptors (Lipinski definition) is 6. The van der Waals surface area contributed by atoms with Crippen LogP contribution in [0.5, 0.6) is 28.9 Å². The maximum absolute atomic E-state index is 12.0. The lowest BCUT2D eigenvalue weighted by Crippen LogP contribution is -2.28. The van der Waals surface area contributed by atoms with E-state index in [-0.39, 0.29) is 12.5 Å². The molecule has 1 heterocycles. The molecule has 0 aliphatic heterocycles. The fourth-order valence-corrected chi connectivity index (χ4v) is 2.43. The van der Waals surface area contributed by atoms with E-state index in [1.165, 1.54) is 0 Å².